The third-order valence-electron chi connectivity index (χ3n) is 3.98. The van der Waals surface area contributed by atoms with Crippen LogP contribution in [-0.2, 0) is 9.53 Å². The highest BCUT2D eigenvalue weighted by atomic mass is 16.6. The van der Waals surface area contributed by atoms with Gasteiger partial charge in [0.25, 0.3) is 5.69 Å². The van der Waals surface area contributed by atoms with Crippen LogP contribution in [0.3, 0.4) is 0 Å². The minimum atomic E-state index is -0.720. The van der Waals surface area contributed by atoms with Crippen molar-refractivity contribution in [2.45, 2.75) is 39.8 Å². The number of allylic oxidation sites excluding steroid dienone is 1. The van der Waals surface area contributed by atoms with Gasteiger partial charge in [0.1, 0.15) is 0 Å². The number of hydrogen-bond donors (Lipinski definition) is 1. The Morgan fingerprint density at radius 3 is 2.44 bits per heavy atom. The average Bonchev–Trinajstić information content (AvgIpc) is 2.54. The standard InChI is InChI=1S/C17H21N3O5/c1-5-25-16(21)14-11(4)19(10(2)3)17(22)18-15(14)12-6-8-13(9-7-12)20(23)24/h6-10,15H,5H2,1-4H3,(H,18,22)/t15-/m1/s1. The Hall–Kier alpha value is -2.90. The lowest BCUT2D eigenvalue weighted by Gasteiger charge is -2.37. The van der Waals surface area contributed by atoms with E-state index in [9.17, 15) is 19.7 Å². The fourth-order valence-electron chi connectivity index (χ4n) is 2.89. The normalized spacial score (nSPS) is 17.6. The number of rotatable bonds is 5. The lowest BCUT2D eigenvalue weighted by atomic mass is 9.94. The third kappa shape index (κ3) is 3.62. The first-order chi connectivity index (χ1) is 11.8. The zero-order chi connectivity index (χ0) is 18.7. The van der Waals surface area contributed by atoms with Crippen LogP contribution in [0.25, 0.3) is 0 Å². The number of nitro benzene ring substituents is 1. The van der Waals surface area contributed by atoms with Crippen LogP contribution in [0.15, 0.2) is 35.5 Å². The number of carbonyl (C=O) groups excluding carboxylic acids is 2. The van der Waals surface area contributed by atoms with Gasteiger partial charge in [-0.1, -0.05) is 0 Å². The maximum atomic E-state index is 12.5. The number of ether oxygens (including phenoxy) is 1. The number of esters is 1. The van der Waals surface area contributed by atoms with Crippen molar-refractivity contribution in [3.05, 3.63) is 51.2 Å². The summed E-state index contributed by atoms with van der Waals surface area (Å²) in [6.45, 7) is 7.30. The van der Waals surface area contributed by atoms with Gasteiger partial charge in [-0.25, -0.2) is 9.59 Å². The fourth-order valence-corrected chi connectivity index (χ4v) is 2.89. The lowest BCUT2D eigenvalue weighted by molar-refractivity contribution is -0.384. The molecule has 1 aliphatic heterocycles. The third-order valence-corrected chi connectivity index (χ3v) is 3.98. The van der Waals surface area contributed by atoms with Gasteiger partial charge < -0.3 is 10.1 Å². The summed E-state index contributed by atoms with van der Waals surface area (Å²) in [4.78, 5) is 36.7. The second kappa shape index (κ2) is 7.33. The van der Waals surface area contributed by atoms with Gasteiger partial charge in [0.15, 0.2) is 0 Å². The van der Waals surface area contributed by atoms with Gasteiger partial charge >= 0.3 is 12.0 Å². The number of urea groups is 1. The molecule has 0 unspecified atom stereocenters. The summed E-state index contributed by atoms with van der Waals surface area (Å²) in [5, 5.41) is 13.6. The van der Waals surface area contributed by atoms with Gasteiger partial charge in [-0.15, -0.1) is 0 Å². The zero-order valence-electron chi connectivity index (χ0n) is 14.6. The van der Waals surface area contributed by atoms with E-state index in [1.165, 1.54) is 29.2 Å². The second-order valence-electron chi connectivity index (χ2n) is 5.91. The highest BCUT2D eigenvalue weighted by molar-refractivity contribution is 5.95. The van der Waals surface area contributed by atoms with Crippen LogP contribution < -0.4 is 5.32 Å². The van der Waals surface area contributed by atoms with E-state index in [4.69, 9.17) is 4.74 Å². The molecule has 1 N–H and O–H groups in total. The molecule has 0 saturated carbocycles. The van der Waals surface area contributed by atoms with Gasteiger partial charge in [-0.2, -0.15) is 0 Å². The van der Waals surface area contributed by atoms with Crippen molar-refractivity contribution in [1.29, 1.82) is 0 Å². The molecule has 25 heavy (non-hydrogen) atoms. The first-order valence-corrected chi connectivity index (χ1v) is 7.99. The quantitative estimate of drug-likeness (QED) is 0.501. The van der Waals surface area contributed by atoms with Crippen molar-refractivity contribution < 1.29 is 19.2 Å². The first-order valence-electron chi connectivity index (χ1n) is 7.99. The Morgan fingerprint density at radius 1 is 1.36 bits per heavy atom. The molecule has 0 aliphatic carbocycles. The molecule has 1 aromatic carbocycles. The molecule has 0 saturated heterocycles. The Bertz CT molecular complexity index is 724. The minimum Gasteiger partial charge on any atom is -0.463 e. The summed E-state index contributed by atoms with van der Waals surface area (Å²) in [7, 11) is 0. The van der Waals surface area contributed by atoms with E-state index in [2.05, 4.69) is 5.32 Å². The molecule has 0 spiro atoms. The van der Waals surface area contributed by atoms with E-state index in [-0.39, 0.29) is 24.4 Å². The SMILES string of the molecule is CCOC(=O)C1=C(C)N(C(C)C)C(=O)N[C@@H]1c1ccc([N+](=O)[O-])cc1. The summed E-state index contributed by atoms with van der Waals surface area (Å²) in [5.74, 6) is -0.519. The molecular formula is C17H21N3O5. The van der Waals surface area contributed by atoms with Gasteiger partial charge in [-0.3, -0.25) is 15.0 Å². The molecular weight excluding hydrogens is 326 g/mol. The molecule has 134 valence electrons. The van der Waals surface area contributed by atoms with Crippen LogP contribution in [0.1, 0.15) is 39.3 Å². The Kier molecular flexibility index (Phi) is 5.41. The van der Waals surface area contributed by atoms with Crippen molar-refractivity contribution in [2.75, 3.05) is 6.61 Å². The van der Waals surface area contributed by atoms with Crippen LogP contribution in [0, 0.1) is 10.1 Å². The maximum absolute atomic E-state index is 12.5. The average molecular weight is 347 g/mol. The van der Waals surface area contributed by atoms with E-state index in [0.717, 1.165) is 0 Å². The van der Waals surface area contributed by atoms with Crippen molar-refractivity contribution in [1.82, 2.24) is 10.2 Å². The van der Waals surface area contributed by atoms with E-state index in [1.54, 1.807) is 13.8 Å². The Morgan fingerprint density at radius 2 is 1.96 bits per heavy atom. The number of hydrogen-bond acceptors (Lipinski definition) is 5. The molecule has 8 heteroatoms. The Balaban J connectivity index is 2.52. The van der Waals surface area contributed by atoms with Crippen molar-refractivity contribution >= 4 is 17.7 Å². The van der Waals surface area contributed by atoms with Gasteiger partial charge in [0.05, 0.1) is 23.1 Å². The smallest absolute Gasteiger partial charge is 0.338 e. The van der Waals surface area contributed by atoms with Crippen LogP contribution >= 0.6 is 0 Å². The molecule has 0 aromatic heterocycles. The van der Waals surface area contributed by atoms with Gasteiger partial charge in [0, 0.05) is 23.9 Å². The summed E-state index contributed by atoms with van der Waals surface area (Å²) in [6.07, 6.45) is 0. The van der Waals surface area contributed by atoms with Crippen LogP contribution in [0.4, 0.5) is 10.5 Å². The molecule has 0 radical (unpaired) electrons. The number of nitrogens with zero attached hydrogens (tertiary/aromatic N) is 2. The predicted molar refractivity (Wildman–Crippen MR) is 90.7 cm³/mol. The Labute approximate surface area is 145 Å². The summed E-state index contributed by atoms with van der Waals surface area (Å²) in [6, 6.07) is 4.55. The fraction of sp³-hybridized carbons (Fsp3) is 0.412. The second-order valence-corrected chi connectivity index (χ2v) is 5.91. The highest BCUT2D eigenvalue weighted by Gasteiger charge is 2.37. The van der Waals surface area contributed by atoms with Crippen molar-refractivity contribution in [2.24, 2.45) is 0 Å². The number of nitrogens with one attached hydrogen (secondary N) is 1. The van der Waals surface area contributed by atoms with Crippen molar-refractivity contribution in [3.63, 3.8) is 0 Å². The number of benzene rings is 1. The number of non-ortho nitro benzene ring substituents is 1. The monoisotopic (exact) mass is 347 g/mol. The zero-order valence-corrected chi connectivity index (χ0v) is 14.6. The topological polar surface area (TPSA) is 102 Å². The first kappa shape index (κ1) is 18.4. The molecule has 1 aliphatic rings. The number of nitro groups is 1. The lowest BCUT2D eigenvalue weighted by Crippen LogP contribution is -2.50. The molecule has 2 rings (SSSR count). The van der Waals surface area contributed by atoms with E-state index in [0.29, 0.717) is 16.8 Å². The summed E-state index contributed by atoms with van der Waals surface area (Å²) < 4.78 is 5.15. The summed E-state index contributed by atoms with van der Waals surface area (Å²) in [5.41, 5.74) is 1.35. The van der Waals surface area contributed by atoms with Crippen LogP contribution in [0.5, 0.6) is 0 Å². The van der Waals surface area contributed by atoms with Gasteiger partial charge in [0.2, 0.25) is 0 Å². The summed E-state index contributed by atoms with van der Waals surface area (Å²) >= 11 is 0. The highest BCUT2D eigenvalue weighted by Crippen LogP contribution is 2.32. The number of carbonyl (C=O) groups is 2. The van der Waals surface area contributed by atoms with E-state index >= 15 is 0 Å². The van der Waals surface area contributed by atoms with Crippen LogP contribution in [0.2, 0.25) is 0 Å². The molecule has 2 amide bonds. The molecule has 1 atom stereocenters. The largest absolute Gasteiger partial charge is 0.463 e. The molecule has 8 nitrogen and oxygen atoms in total. The minimum absolute atomic E-state index is 0.0620. The van der Waals surface area contributed by atoms with Gasteiger partial charge in [-0.05, 0) is 45.4 Å². The molecule has 0 bridgehead atoms. The van der Waals surface area contributed by atoms with E-state index < -0.39 is 16.9 Å². The molecule has 0 fully saturated rings. The van der Waals surface area contributed by atoms with Crippen LogP contribution in [-0.4, -0.2) is 34.5 Å². The van der Waals surface area contributed by atoms with E-state index in [1.807, 2.05) is 13.8 Å². The molecule has 1 aromatic rings. The van der Waals surface area contributed by atoms with Crippen molar-refractivity contribution in [3.8, 4) is 0 Å². The number of amides is 2. The molecule has 1 heterocycles. The maximum Gasteiger partial charge on any atom is 0.338 e. The predicted octanol–water partition coefficient (Wildman–Crippen LogP) is 2.91.